The number of allylic oxidation sites excluding steroid dienone is 1. The molecule has 1 heterocycles. The highest BCUT2D eigenvalue weighted by Gasteiger charge is 2.39. The number of unbranched alkanes of at least 4 members (excludes halogenated alkanes) is 1. The van der Waals surface area contributed by atoms with E-state index in [1.807, 2.05) is 0 Å². The fourth-order valence-corrected chi connectivity index (χ4v) is 1.37. The van der Waals surface area contributed by atoms with Crippen LogP contribution in [-0.4, -0.2) is 15.8 Å². The molecule has 0 spiro atoms. The van der Waals surface area contributed by atoms with Crippen LogP contribution in [0.2, 0.25) is 0 Å². The van der Waals surface area contributed by atoms with E-state index in [1.165, 1.54) is 18.5 Å². The molecule has 0 aromatic carbocycles. The van der Waals surface area contributed by atoms with Crippen LogP contribution in [0.1, 0.15) is 24.5 Å². The minimum Gasteiger partial charge on any atom is -0.379 e. The number of aromatic nitrogens is 1. The minimum atomic E-state index is -4.60. The van der Waals surface area contributed by atoms with Crippen molar-refractivity contribution in [2.75, 3.05) is 0 Å². The SMILES string of the molecule is C=CCCCn1ccc(C(O)C(F)(F)F)c1. The first-order valence-corrected chi connectivity index (χ1v) is 4.96. The third kappa shape index (κ3) is 3.41. The number of nitrogens with zero attached hydrogens (tertiary/aromatic N) is 1. The number of aliphatic hydroxyl groups excluding tert-OH is 1. The number of aryl methyl sites for hydroxylation is 1. The largest absolute Gasteiger partial charge is 0.418 e. The van der Waals surface area contributed by atoms with Crippen molar-refractivity contribution < 1.29 is 18.3 Å². The predicted octanol–water partition coefficient (Wildman–Crippen LogP) is 3.05. The van der Waals surface area contributed by atoms with E-state index in [4.69, 9.17) is 5.11 Å². The van der Waals surface area contributed by atoms with Gasteiger partial charge in [0.15, 0.2) is 6.10 Å². The van der Waals surface area contributed by atoms with Gasteiger partial charge in [0, 0.05) is 24.5 Å². The highest BCUT2D eigenvalue weighted by Crippen LogP contribution is 2.32. The van der Waals surface area contributed by atoms with Gasteiger partial charge < -0.3 is 9.67 Å². The van der Waals surface area contributed by atoms with Gasteiger partial charge in [0.25, 0.3) is 0 Å². The molecule has 0 amide bonds. The van der Waals surface area contributed by atoms with Crippen LogP contribution < -0.4 is 0 Å². The average Bonchev–Trinajstić information content (AvgIpc) is 2.64. The Kier molecular flexibility index (Phi) is 4.18. The molecule has 1 aromatic heterocycles. The van der Waals surface area contributed by atoms with Gasteiger partial charge in [-0.25, -0.2) is 0 Å². The number of rotatable bonds is 5. The number of hydrogen-bond donors (Lipinski definition) is 1. The van der Waals surface area contributed by atoms with Gasteiger partial charge in [0.1, 0.15) is 0 Å². The number of aliphatic hydroxyl groups is 1. The molecule has 1 N–H and O–H groups in total. The summed E-state index contributed by atoms with van der Waals surface area (Å²) in [4.78, 5) is 0. The van der Waals surface area contributed by atoms with Gasteiger partial charge in [0.2, 0.25) is 0 Å². The Labute approximate surface area is 92.0 Å². The van der Waals surface area contributed by atoms with Crippen molar-refractivity contribution in [2.24, 2.45) is 0 Å². The summed E-state index contributed by atoms with van der Waals surface area (Å²) in [5, 5.41) is 8.99. The summed E-state index contributed by atoms with van der Waals surface area (Å²) in [6, 6.07) is 1.28. The van der Waals surface area contributed by atoms with Gasteiger partial charge in [-0.15, -0.1) is 6.58 Å². The van der Waals surface area contributed by atoms with Gasteiger partial charge in [-0.1, -0.05) is 6.08 Å². The first kappa shape index (κ1) is 12.8. The lowest BCUT2D eigenvalue weighted by atomic mass is 10.2. The van der Waals surface area contributed by atoms with E-state index in [0.717, 1.165) is 12.8 Å². The molecule has 1 rings (SSSR count). The number of alkyl halides is 3. The van der Waals surface area contributed by atoms with E-state index in [-0.39, 0.29) is 5.56 Å². The molecule has 1 aromatic rings. The fraction of sp³-hybridized carbons (Fsp3) is 0.455. The summed E-state index contributed by atoms with van der Waals surface area (Å²) >= 11 is 0. The van der Waals surface area contributed by atoms with Crippen LogP contribution in [0.3, 0.4) is 0 Å². The number of halogens is 3. The smallest absolute Gasteiger partial charge is 0.379 e. The molecule has 0 saturated carbocycles. The van der Waals surface area contributed by atoms with E-state index >= 15 is 0 Å². The van der Waals surface area contributed by atoms with Gasteiger partial charge >= 0.3 is 6.18 Å². The highest BCUT2D eigenvalue weighted by molar-refractivity contribution is 5.15. The lowest BCUT2D eigenvalue weighted by Gasteiger charge is -2.12. The topological polar surface area (TPSA) is 25.2 Å². The lowest BCUT2D eigenvalue weighted by molar-refractivity contribution is -0.206. The summed E-state index contributed by atoms with van der Waals surface area (Å²) in [6.45, 7) is 4.18. The van der Waals surface area contributed by atoms with E-state index in [2.05, 4.69) is 6.58 Å². The zero-order valence-corrected chi connectivity index (χ0v) is 8.74. The Balaban J connectivity index is 2.60. The van der Waals surface area contributed by atoms with E-state index in [1.54, 1.807) is 10.6 Å². The lowest BCUT2D eigenvalue weighted by Crippen LogP contribution is -2.19. The second-order valence-corrected chi connectivity index (χ2v) is 3.56. The molecule has 5 heteroatoms. The maximum atomic E-state index is 12.2. The van der Waals surface area contributed by atoms with Crippen LogP contribution in [0.5, 0.6) is 0 Å². The van der Waals surface area contributed by atoms with Crippen molar-refractivity contribution in [3.8, 4) is 0 Å². The van der Waals surface area contributed by atoms with Crippen molar-refractivity contribution in [2.45, 2.75) is 31.7 Å². The normalized spacial score (nSPS) is 13.8. The fourth-order valence-electron chi connectivity index (χ4n) is 1.37. The maximum absolute atomic E-state index is 12.2. The molecular weight excluding hydrogens is 219 g/mol. The van der Waals surface area contributed by atoms with Crippen LogP contribution in [-0.2, 0) is 6.54 Å². The summed E-state index contributed by atoms with van der Waals surface area (Å²) < 4.78 is 38.2. The molecule has 0 saturated heterocycles. The predicted molar refractivity (Wildman–Crippen MR) is 54.9 cm³/mol. The van der Waals surface area contributed by atoms with Crippen molar-refractivity contribution in [1.82, 2.24) is 4.57 Å². The zero-order valence-electron chi connectivity index (χ0n) is 8.74. The van der Waals surface area contributed by atoms with Crippen molar-refractivity contribution >= 4 is 0 Å². The molecule has 0 fully saturated rings. The third-order valence-electron chi connectivity index (χ3n) is 2.22. The Morgan fingerprint density at radius 2 is 2.19 bits per heavy atom. The van der Waals surface area contributed by atoms with Crippen LogP contribution in [0.4, 0.5) is 13.2 Å². The Hall–Kier alpha value is -1.23. The van der Waals surface area contributed by atoms with Crippen molar-refractivity contribution in [3.05, 3.63) is 36.7 Å². The van der Waals surface area contributed by atoms with Crippen LogP contribution >= 0.6 is 0 Å². The minimum absolute atomic E-state index is 0.119. The second kappa shape index (κ2) is 5.21. The van der Waals surface area contributed by atoms with Crippen LogP contribution in [0.15, 0.2) is 31.1 Å². The van der Waals surface area contributed by atoms with E-state index in [0.29, 0.717) is 6.54 Å². The molecule has 0 radical (unpaired) electrons. The molecule has 16 heavy (non-hydrogen) atoms. The Morgan fingerprint density at radius 1 is 1.50 bits per heavy atom. The zero-order chi connectivity index (χ0) is 12.2. The van der Waals surface area contributed by atoms with Crippen LogP contribution in [0.25, 0.3) is 0 Å². The van der Waals surface area contributed by atoms with Gasteiger partial charge in [-0.2, -0.15) is 13.2 Å². The second-order valence-electron chi connectivity index (χ2n) is 3.56. The summed E-state index contributed by atoms with van der Waals surface area (Å²) in [6.07, 6.45) is -0.750. The van der Waals surface area contributed by atoms with Crippen molar-refractivity contribution in [1.29, 1.82) is 0 Å². The summed E-state index contributed by atoms with van der Waals surface area (Å²) in [5.41, 5.74) is -0.119. The monoisotopic (exact) mass is 233 g/mol. The molecule has 1 atom stereocenters. The summed E-state index contributed by atoms with van der Waals surface area (Å²) in [7, 11) is 0. The quantitative estimate of drug-likeness (QED) is 0.613. The summed E-state index contributed by atoms with van der Waals surface area (Å²) in [5.74, 6) is 0. The van der Waals surface area contributed by atoms with Crippen molar-refractivity contribution in [3.63, 3.8) is 0 Å². The highest BCUT2D eigenvalue weighted by atomic mass is 19.4. The molecule has 1 unspecified atom stereocenters. The first-order valence-electron chi connectivity index (χ1n) is 4.96. The molecule has 90 valence electrons. The van der Waals surface area contributed by atoms with E-state index < -0.39 is 12.3 Å². The molecule has 0 aliphatic carbocycles. The average molecular weight is 233 g/mol. The van der Waals surface area contributed by atoms with Gasteiger partial charge in [0.05, 0.1) is 0 Å². The maximum Gasteiger partial charge on any atom is 0.418 e. The molecule has 2 nitrogen and oxygen atoms in total. The Morgan fingerprint density at radius 3 is 2.75 bits per heavy atom. The molecular formula is C11H14F3NO. The standard InChI is InChI=1S/C11H14F3NO/c1-2-3-4-6-15-7-5-9(8-15)10(16)11(12,13)14/h2,5,7-8,10,16H,1,3-4,6H2. The molecule has 0 aliphatic heterocycles. The Bertz CT molecular complexity index is 343. The number of hydrogen-bond acceptors (Lipinski definition) is 1. The molecule has 0 aliphatic rings. The molecule has 0 bridgehead atoms. The van der Waals surface area contributed by atoms with Gasteiger partial charge in [-0.05, 0) is 18.9 Å². The first-order chi connectivity index (χ1) is 7.45. The third-order valence-corrected chi connectivity index (χ3v) is 2.22. The van der Waals surface area contributed by atoms with Gasteiger partial charge in [-0.3, -0.25) is 0 Å². The van der Waals surface area contributed by atoms with E-state index in [9.17, 15) is 13.2 Å². The van der Waals surface area contributed by atoms with Crippen LogP contribution in [0, 0.1) is 0 Å².